The van der Waals surface area contributed by atoms with E-state index in [0.717, 1.165) is 17.6 Å². The summed E-state index contributed by atoms with van der Waals surface area (Å²) >= 11 is 0. The summed E-state index contributed by atoms with van der Waals surface area (Å²) in [6.45, 7) is 5.74. The second-order valence-corrected chi connectivity index (χ2v) is 4.87. The summed E-state index contributed by atoms with van der Waals surface area (Å²) in [4.78, 5) is 11.0. The predicted octanol–water partition coefficient (Wildman–Crippen LogP) is 3.73. The van der Waals surface area contributed by atoms with Gasteiger partial charge in [-0.1, -0.05) is 29.8 Å². The summed E-state index contributed by atoms with van der Waals surface area (Å²) in [5, 5.41) is 0. The van der Waals surface area contributed by atoms with E-state index in [0.29, 0.717) is 5.76 Å². The van der Waals surface area contributed by atoms with Crippen LogP contribution in [0.15, 0.2) is 40.8 Å². The third-order valence-corrected chi connectivity index (χ3v) is 2.87. The molecule has 0 radical (unpaired) electrons. The van der Waals surface area contributed by atoms with E-state index in [1.54, 1.807) is 0 Å². The molecule has 0 fully saturated rings. The monoisotopic (exact) mass is 228 g/mol. The average molecular weight is 228 g/mol. The number of carbonyl (C=O) groups is 1. The van der Waals surface area contributed by atoms with Crippen molar-refractivity contribution in [3.63, 3.8) is 0 Å². The van der Waals surface area contributed by atoms with Crippen molar-refractivity contribution in [2.24, 2.45) is 0 Å². The first-order chi connectivity index (χ1) is 8.03. The molecular formula is C15H16O2. The van der Waals surface area contributed by atoms with Gasteiger partial charge in [-0.3, -0.25) is 0 Å². The van der Waals surface area contributed by atoms with Crippen LogP contribution in [0.3, 0.4) is 0 Å². The SMILES string of the molecule is Cc1ccc(-c2ccc(C(C)(C)C=O)o2)cc1. The van der Waals surface area contributed by atoms with Gasteiger partial charge < -0.3 is 9.21 Å². The van der Waals surface area contributed by atoms with E-state index in [1.807, 2.05) is 57.2 Å². The largest absolute Gasteiger partial charge is 0.460 e. The summed E-state index contributed by atoms with van der Waals surface area (Å²) in [6, 6.07) is 11.9. The molecule has 0 aliphatic rings. The molecule has 0 N–H and O–H groups in total. The zero-order valence-corrected chi connectivity index (χ0v) is 10.4. The summed E-state index contributed by atoms with van der Waals surface area (Å²) < 4.78 is 5.73. The minimum absolute atomic E-state index is 0.567. The lowest BCUT2D eigenvalue weighted by molar-refractivity contribution is -0.112. The molecule has 0 bridgehead atoms. The fourth-order valence-electron chi connectivity index (χ4n) is 1.62. The maximum atomic E-state index is 11.0. The van der Waals surface area contributed by atoms with Crippen LogP contribution >= 0.6 is 0 Å². The van der Waals surface area contributed by atoms with Crippen molar-refractivity contribution in [2.75, 3.05) is 0 Å². The van der Waals surface area contributed by atoms with Gasteiger partial charge in [-0.2, -0.15) is 0 Å². The Kier molecular flexibility index (Phi) is 2.88. The van der Waals surface area contributed by atoms with Crippen molar-refractivity contribution >= 4 is 6.29 Å². The van der Waals surface area contributed by atoms with Gasteiger partial charge in [0, 0.05) is 5.56 Å². The Morgan fingerprint density at radius 2 is 1.71 bits per heavy atom. The fraction of sp³-hybridized carbons (Fsp3) is 0.267. The zero-order valence-electron chi connectivity index (χ0n) is 10.4. The molecule has 0 aliphatic heterocycles. The highest BCUT2D eigenvalue weighted by Crippen LogP contribution is 2.28. The van der Waals surface area contributed by atoms with Gasteiger partial charge in [0.1, 0.15) is 17.8 Å². The van der Waals surface area contributed by atoms with E-state index < -0.39 is 5.41 Å². The fourth-order valence-corrected chi connectivity index (χ4v) is 1.62. The van der Waals surface area contributed by atoms with Crippen LogP contribution in [0.2, 0.25) is 0 Å². The van der Waals surface area contributed by atoms with Crippen molar-refractivity contribution in [3.8, 4) is 11.3 Å². The molecule has 2 aromatic rings. The Hall–Kier alpha value is -1.83. The molecule has 2 nitrogen and oxygen atoms in total. The second-order valence-electron chi connectivity index (χ2n) is 4.87. The lowest BCUT2D eigenvalue weighted by atomic mass is 9.93. The lowest BCUT2D eigenvalue weighted by Crippen LogP contribution is -2.17. The van der Waals surface area contributed by atoms with Crippen molar-refractivity contribution in [1.82, 2.24) is 0 Å². The minimum Gasteiger partial charge on any atom is -0.460 e. The highest BCUT2D eigenvalue weighted by Gasteiger charge is 2.23. The number of hydrogen-bond acceptors (Lipinski definition) is 2. The maximum absolute atomic E-state index is 11.0. The molecule has 1 aromatic heterocycles. The second kappa shape index (κ2) is 4.21. The number of benzene rings is 1. The van der Waals surface area contributed by atoms with Gasteiger partial charge >= 0.3 is 0 Å². The minimum atomic E-state index is -0.567. The molecule has 2 rings (SSSR count). The molecule has 0 atom stereocenters. The van der Waals surface area contributed by atoms with Gasteiger partial charge in [0.15, 0.2) is 0 Å². The molecule has 17 heavy (non-hydrogen) atoms. The highest BCUT2D eigenvalue weighted by atomic mass is 16.3. The number of hydrogen-bond donors (Lipinski definition) is 0. The van der Waals surface area contributed by atoms with Gasteiger partial charge in [0.2, 0.25) is 0 Å². The van der Waals surface area contributed by atoms with Gasteiger partial charge in [-0.25, -0.2) is 0 Å². The maximum Gasteiger partial charge on any atom is 0.134 e. The Morgan fingerprint density at radius 3 is 2.29 bits per heavy atom. The zero-order chi connectivity index (χ0) is 12.5. The molecule has 0 spiro atoms. The van der Waals surface area contributed by atoms with Crippen LogP contribution in [0, 0.1) is 6.92 Å². The van der Waals surface area contributed by atoms with Crippen LogP contribution in [-0.2, 0) is 10.2 Å². The average Bonchev–Trinajstić information content (AvgIpc) is 2.80. The molecule has 0 amide bonds. The van der Waals surface area contributed by atoms with Gasteiger partial charge in [-0.05, 0) is 32.9 Å². The Morgan fingerprint density at radius 1 is 1.06 bits per heavy atom. The Balaban J connectivity index is 2.36. The topological polar surface area (TPSA) is 30.2 Å². The quantitative estimate of drug-likeness (QED) is 0.749. The number of aryl methyl sites for hydroxylation is 1. The summed E-state index contributed by atoms with van der Waals surface area (Å²) in [5.41, 5.74) is 1.68. The van der Waals surface area contributed by atoms with Gasteiger partial charge in [0.05, 0.1) is 5.41 Å². The Bertz CT molecular complexity index is 518. The summed E-state index contributed by atoms with van der Waals surface area (Å²) in [7, 11) is 0. The molecule has 0 saturated carbocycles. The van der Waals surface area contributed by atoms with Crippen LogP contribution in [0.1, 0.15) is 25.2 Å². The number of aldehydes is 1. The smallest absolute Gasteiger partial charge is 0.134 e. The molecular weight excluding hydrogens is 212 g/mol. The molecule has 2 heteroatoms. The van der Waals surface area contributed by atoms with E-state index >= 15 is 0 Å². The lowest BCUT2D eigenvalue weighted by Gasteiger charge is -2.12. The third kappa shape index (κ3) is 2.31. The first-order valence-corrected chi connectivity index (χ1v) is 5.66. The van der Waals surface area contributed by atoms with Crippen LogP contribution in [0.5, 0.6) is 0 Å². The first-order valence-electron chi connectivity index (χ1n) is 5.66. The van der Waals surface area contributed by atoms with Crippen molar-refractivity contribution in [3.05, 3.63) is 47.7 Å². The molecule has 0 aliphatic carbocycles. The molecule has 88 valence electrons. The van der Waals surface area contributed by atoms with E-state index in [2.05, 4.69) is 0 Å². The Labute approximate surface area is 101 Å². The normalized spacial score (nSPS) is 11.5. The van der Waals surface area contributed by atoms with E-state index in [9.17, 15) is 4.79 Å². The van der Waals surface area contributed by atoms with E-state index in [4.69, 9.17) is 4.42 Å². The molecule has 1 heterocycles. The van der Waals surface area contributed by atoms with Crippen molar-refractivity contribution < 1.29 is 9.21 Å². The number of furan rings is 1. The van der Waals surface area contributed by atoms with Crippen molar-refractivity contribution in [2.45, 2.75) is 26.2 Å². The summed E-state index contributed by atoms with van der Waals surface area (Å²) in [6.07, 6.45) is 0.907. The van der Waals surface area contributed by atoms with Gasteiger partial charge in [-0.15, -0.1) is 0 Å². The van der Waals surface area contributed by atoms with Crippen LogP contribution in [-0.4, -0.2) is 6.29 Å². The number of carbonyl (C=O) groups excluding carboxylic acids is 1. The standard InChI is InChI=1S/C15H16O2/c1-11-4-6-12(7-5-11)13-8-9-14(17-13)15(2,3)10-16/h4-10H,1-3H3. The van der Waals surface area contributed by atoms with Crippen LogP contribution < -0.4 is 0 Å². The van der Waals surface area contributed by atoms with Gasteiger partial charge in [0.25, 0.3) is 0 Å². The van der Waals surface area contributed by atoms with Crippen LogP contribution in [0.4, 0.5) is 0 Å². The van der Waals surface area contributed by atoms with Crippen LogP contribution in [0.25, 0.3) is 11.3 Å². The molecule has 0 saturated heterocycles. The predicted molar refractivity (Wildman–Crippen MR) is 68.0 cm³/mol. The van der Waals surface area contributed by atoms with E-state index in [-0.39, 0.29) is 0 Å². The van der Waals surface area contributed by atoms with Crippen molar-refractivity contribution in [1.29, 1.82) is 0 Å². The summed E-state index contributed by atoms with van der Waals surface area (Å²) in [5.74, 6) is 1.50. The molecule has 0 unspecified atom stereocenters. The number of rotatable bonds is 3. The van der Waals surface area contributed by atoms with E-state index in [1.165, 1.54) is 5.56 Å². The first kappa shape index (κ1) is 11.6. The molecule has 1 aromatic carbocycles. The third-order valence-electron chi connectivity index (χ3n) is 2.87. The highest BCUT2D eigenvalue weighted by molar-refractivity contribution is 5.67.